The van der Waals surface area contributed by atoms with Gasteiger partial charge in [-0.1, -0.05) is 18.2 Å². The van der Waals surface area contributed by atoms with Gasteiger partial charge in [0.2, 0.25) is 5.88 Å². The third kappa shape index (κ3) is 3.31. The number of nitriles is 1. The Kier molecular flexibility index (Phi) is 4.65. The molecule has 2 aromatic heterocycles. The molecule has 1 saturated heterocycles. The highest BCUT2D eigenvalue weighted by Gasteiger charge is 2.21. The lowest BCUT2D eigenvalue weighted by molar-refractivity contribution is 0.215. The van der Waals surface area contributed by atoms with Crippen molar-refractivity contribution in [3.05, 3.63) is 60.4 Å². The number of para-hydroxylation sites is 1. The zero-order chi connectivity index (χ0) is 17.8. The Labute approximate surface area is 152 Å². The van der Waals surface area contributed by atoms with Gasteiger partial charge in [0.15, 0.2) is 0 Å². The summed E-state index contributed by atoms with van der Waals surface area (Å²) in [4.78, 5) is 11.1. The smallest absolute Gasteiger partial charge is 0.231 e. The van der Waals surface area contributed by atoms with Crippen molar-refractivity contribution in [2.75, 3.05) is 24.6 Å². The predicted octanol–water partition coefficient (Wildman–Crippen LogP) is 3.80. The number of rotatable bonds is 4. The van der Waals surface area contributed by atoms with E-state index < -0.39 is 0 Å². The minimum Gasteiger partial charge on any atom is -0.476 e. The molecule has 4 rings (SSSR count). The molecule has 0 spiro atoms. The summed E-state index contributed by atoms with van der Waals surface area (Å²) in [5.74, 6) is 0.922. The number of pyridine rings is 2. The largest absolute Gasteiger partial charge is 0.476 e. The molecule has 0 atom stereocenters. The number of fused-ring (bicyclic) bond motifs is 1. The Morgan fingerprint density at radius 2 is 1.88 bits per heavy atom. The average molecular weight is 344 g/mol. The molecule has 1 aliphatic rings. The van der Waals surface area contributed by atoms with Gasteiger partial charge in [-0.25, -0.2) is 4.98 Å². The molecule has 1 fully saturated rings. The van der Waals surface area contributed by atoms with Gasteiger partial charge in [-0.15, -0.1) is 0 Å². The third-order valence-corrected chi connectivity index (χ3v) is 4.93. The summed E-state index contributed by atoms with van der Waals surface area (Å²) in [7, 11) is 0. The molecule has 1 aliphatic heterocycles. The van der Waals surface area contributed by atoms with Crippen LogP contribution in [0.5, 0.6) is 5.88 Å². The highest BCUT2D eigenvalue weighted by atomic mass is 16.5. The van der Waals surface area contributed by atoms with Crippen LogP contribution in [0.25, 0.3) is 10.9 Å². The zero-order valence-corrected chi connectivity index (χ0v) is 14.5. The molecule has 0 N–H and O–H groups in total. The molecular formula is C21H20N4O. The van der Waals surface area contributed by atoms with Gasteiger partial charge in [-0.3, -0.25) is 4.98 Å². The maximum Gasteiger partial charge on any atom is 0.231 e. The molecule has 0 aliphatic carbocycles. The number of benzene rings is 1. The lowest BCUT2D eigenvalue weighted by atomic mass is 9.97. The molecule has 5 heteroatoms. The van der Waals surface area contributed by atoms with Crippen LogP contribution in [0.1, 0.15) is 18.4 Å². The van der Waals surface area contributed by atoms with E-state index in [1.165, 1.54) is 11.1 Å². The summed E-state index contributed by atoms with van der Waals surface area (Å²) in [5.41, 5.74) is 2.79. The van der Waals surface area contributed by atoms with Crippen molar-refractivity contribution in [3.8, 4) is 11.9 Å². The maximum absolute atomic E-state index is 9.12. The fourth-order valence-corrected chi connectivity index (χ4v) is 3.48. The van der Waals surface area contributed by atoms with Gasteiger partial charge in [-0.2, -0.15) is 5.26 Å². The first kappa shape index (κ1) is 16.3. The second-order valence-corrected chi connectivity index (χ2v) is 6.56. The van der Waals surface area contributed by atoms with Crippen LogP contribution in [-0.2, 0) is 0 Å². The topological polar surface area (TPSA) is 62.0 Å². The SMILES string of the molecule is N#Cc1cccnc1OCC1CCN(c2ccnc3ccccc23)CC1. The van der Waals surface area contributed by atoms with Crippen LogP contribution in [0.3, 0.4) is 0 Å². The minimum absolute atomic E-state index is 0.442. The third-order valence-electron chi connectivity index (χ3n) is 4.93. The first-order valence-electron chi connectivity index (χ1n) is 8.92. The minimum atomic E-state index is 0.442. The first-order chi connectivity index (χ1) is 12.8. The summed E-state index contributed by atoms with van der Waals surface area (Å²) in [6.45, 7) is 2.60. The van der Waals surface area contributed by atoms with E-state index in [2.05, 4.69) is 45.2 Å². The molecule has 0 radical (unpaired) electrons. The van der Waals surface area contributed by atoms with E-state index in [0.717, 1.165) is 31.4 Å². The molecule has 0 unspecified atom stereocenters. The first-order valence-corrected chi connectivity index (χ1v) is 8.92. The quantitative estimate of drug-likeness (QED) is 0.720. The predicted molar refractivity (Wildman–Crippen MR) is 101 cm³/mol. The lowest BCUT2D eigenvalue weighted by Gasteiger charge is -2.34. The van der Waals surface area contributed by atoms with E-state index in [-0.39, 0.29) is 0 Å². The normalized spacial score (nSPS) is 15.0. The molecule has 3 heterocycles. The molecule has 0 saturated carbocycles. The van der Waals surface area contributed by atoms with Crippen LogP contribution < -0.4 is 9.64 Å². The van der Waals surface area contributed by atoms with Crippen LogP contribution in [0.15, 0.2) is 54.9 Å². The Balaban J connectivity index is 1.39. The number of hydrogen-bond donors (Lipinski definition) is 0. The lowest BCUT2D eigenvalue weighted by Crippen LogP contribution is -2.35. The summed E-state index contributed by atoms with van der Waals surface area (Å²) < 4.78 is 5.82. The van der Waals surface area contributed by atoms with Crippen LogP contribution in [0.4, 0.5) is 5.69 Å². The van der Waals surface area contributed by atoms with Crippen LogP contribution in [0, 0.1) is 17.2 Å². The van der Waals surface area contributed by atoms with Crippen molar-refractivity contribution < 1.29 is 4.74 Å². The van der Waals surface area contributed by atoms with Crippen molar-refractivity contribution in [2.24, 2.45) is 5.92 Å². The van der Waals surface area contributed by atoms with E-state index in [1.54, 1.807) is 18.3 Å². The van der Waals surface area contributed by atoms with E-state index in [1.807, 2.05) is 12.3 Å². The van der Waals surface area contributed by atoms with Gasteiger partial charge in [-0.05, 0) is 43.0 Å². The Morgan fingerprint density at radius 3 is 2.73 bits per heavy atom. The van der Waals surface area contributed by atoms with Gasteiger partial charge < -0.3 is 9.64 Å². The Bertz CT molecular complexity index is 937. The second kappa shape index (κ2) is 7.40. The second-order valence-electron chi connectivity index (χ2n) is 6.56. The highest BCUT2D eigenvalue weighted by molar-refractivity contribution is 5.91. The van der Waals surface area contributed by atoms with E-state index in [4.69, 9.17) is 10.00 Å². The molecular weight excluding hydrogens is 324 g/mol. The number of ether oxygens (including phenoxy) is 1. The summed E-state index contributed by atoms with van der Waals surface area (Å²) in [5, 5.41) is 10.3. The molecule has 3 aromatic rings. The van der Waals surface area contributed by atoms with E-state index in [0.29, 0.717) is 24.0 Å². The molecule has 130 valence electrons. The van der Waals surface area contributed by atoms with Crippen LogP contribution in [-0.4, -0.2) is 29.7 Å². The van der Waals surface area contributed by atoms with Crippen molar-refractivity contribution in [2.45, 2.75) is 12.8 Å². The van der Waals surface area contributed by atoms with Gasteiger partial charge in [0.05, 0.1) is 12.1 Å². The van der Waals surface area contributed by atoms with Gasteiger partial charge in [0, 0.05) is 36.6 Å². The number of piperidine rings is 1. The molecule has 26 heavy (non-hydrogen) atoms. The van der Waals surface area contributed by atoms with E-state index in [9.17, 15) is 0 Å². The zero-order valence-electron chi connectivity index (χ0n) is 14.5. The number of anilines is 1. The standard InChI is InChI=1S/C21H20N4O/c22-14-17-4-3-10-24-21(17)26-15-16-8-12-25(13-9-16)20-7-11-23-19-6-2-1-5-18(19)20/h1-7,10-11,16H,8-9,12-13,15H2. The summed E-state index contributed by atoms with van der Waals surface area (Å²) in [6.07, 6.45) is 5.67. The van der Waals surface area contributed by atoms with Crippen LogP contribution >= 0.6 is 0 Å². The highest BCUT2D eigenvalue weighted by Crippen LogP contribution is 2.29. The summed E-state index contributed by atoms with van der Waals surface area (Å²) >= 11 is 0. The molecule has 0 bridgehead atoms. The van der Waals surface area contributed by atoms with Crippen molar-refractivity contribution in [1.82, 2.24) is 9.97 Å². The monoisotopic (exact) mass is 344 g/mol. The molecule has 1 aromatic carbocycles. The number of aromatic nitrogens is 2. The van der Waals surface area contributed by atoms with Gasteiger partial charge in [0.25, 0.3) is 0 Å². The van der Waals surface area contributed by atoms with Gasteiger partial charge in [0.1, 0.15) is 11.6 Å². The average Bonchev–Trinajstić information content (AvgIpc) is 2.72. The van der Waals surface area contributed by atoms with Crippen molar-refractivity contribution in [1.29, 1.82) is 5.26 Å². The van der Waals surface area contributed by atoms with Crippen LogP contribution in [0.2, 0.25) is 0 Å². The van der Waals surface area contributed by atoms with Crippen molar-refractivity contribution >= 4 is 16.6 Å². The fraction of sp³-hybridized carbons (Fsp3) is 0.286. The number of nitrogens with zero attached hydrogens (tertiary/aromatic N) is 4. The maximum atomic E-state index is 9.12. The summed E-state index contributed by atoms with van der Waals surface area (Å²) in [6, 6.07) is 16.0. The Morgan fingerprint density at radius 1 is 1.04 bits per heavy atom. The molecule has 5 nitrogen and oxygen atoms in total. The fourth-order valence-electron chi connectivity index (χ4n) is 3.48. The number of hydrogen-bond acceptors (Lipinski definition) is 5. The van der Waals surface area contributed by atoms with Crippen molar-refractivity contribution in [3.63, 3.8) is 0 Å². The van der Waals surface area contributed by atoms with Gasteiger partial charge >= 0.3 is 0 Å². The molecule has 0 amide bonds. The van der Waals surface area contributed by atoms with E-state index >= 15 is 0 Å². The Hall–Kier alpha value is -3.13.